The minimum Gasteiger partial charge on any atom is -0.271 e. The first kappa shape index (κ1) is 16.6. The van der Waals surface area contributed by atoms with Crippen molar-refractivity contribution in [1.29, 1.82) is 0 Å². The molecule has 0 saturated heterocycles. The minimum atomic E-state index is -0.252. The molecule has 0 aromatic heterocycles. The maximum Gasteiger partial charge on any atom is 0.124 e. The van der Waals surface area contributed by atoms with Crippen molar-refractivity contribution in [3.63, 3.8) is 0 Å². The Morgan fingerprint density at radius 2 is 1.76 bits per heavy atom. The van der Waals surface area contributed by atoms with E-state index in [1.807, 2.05) is 0 Å². The molecule has 3 N–H and O–H groups in total. The lowest BCUT2D eigenvalue weighted by Crippen LogP contribution is -2.29. The van der Waals surface area contributed by atoms with Crippen LogP contribution in [0.1, 0.15) is 28.3 Å². The van der Waals surface area contributed by atoms with Crippen LogP contribution < -0.4 is 11.3 Å². The number of hydrazine groups is 1. The largest absolute Gasteiger partial charge is 0.271 e. The Labute approximate surface area is 141 Å². The first-order valence-corrected chi connectivity index (χ1v) is 8.17. The van der Waals surface area contributed by atoms with Gasteiger partial charge in [0.25, 0.3) is 0 Å². The van der Waals surface area contributed by atoms with Gasteiger partial charge in [-0.3, -0.25) is 11.3 Å². The maximum absolute atomic E-state index is 13.2. The zero-order valence-corrected chi connectivity index (χ0v) is 15.1. The van der Waals surface area contributed by atoms with E-state index in [0.717, 1.165) is 20.1 Å². The molecule has 112 valence electrons. The van der Waals surface area contributed by atoms with E-state index >= 15 is 0 Å². The SMILES string of the molecule is Cc1cc(C(Cc2ccc(F)cc2Br)NN)cc(C)c1Br. The average Bonchev–Trinajstić information content (AvgIpc) is 2.43. The third-order valence-corrected chi connectivity index (χ3v) is 5.49. The monoisotopic (exact) mass is 414 g/mol. The molecule has 0 heterocycles. The van der Waals surface area contributed by atoms with Gasteiger partial charge in [0.1, 0.15) is 5.82 Å². The van der Waals surface area contributed by atoms with E-state index in [1.54, 1.807) is 6.07 Å². The first-order chi connectivity index (χ1) is 9.92. The lowest BCUT2D eigenvalue weighted by Gasteiger charge is -2.19. The van der Waals surface area contributed by atoms with Gasteiger partial charge in [-0.05, 0) is 54.7 Å². The summed E-state index contributed by atoms with van der Waals surface area (Å²) in [6.45, 7) is 4.12. The highest BCUT2D eigenvalue weighted by Crippen LogP contribution is 2.29. The van der Waals surface area contributed by atoms with Gasteiger partial charge in [-0.15, -0.1) is 0 Å². The quantitative estimate of drug-likeness (QED) is 0.560. The molecule has 5 heteroatoms. The molecule has 1 unspecified atom stereocenters. The molecule has 2 rings (SSSR count). The van der Waals surface area contributed by atoms with Crippen molar-refractivity contribution in [3.8, 4) is 0 Å². The van der Waals surface area contributed by atoms with Gasteiger partial charge < -0.3 is 0 Å². The second kappa shape index (κ2) is 7.01. The van der Waals surface area contributed by atoms with Crippen molar-refractivity contribution in [2.24, 2.45) is 5.84 Å². The Morgan fingerprint density at radius 1 is 1.14 bits per heavy atom. The summed E-state index contributed by atoms with van der Waals surface area (Å²) in [4.78, 5) is 0. The second-order valence-corrected chi connectivity index (χ2v) is 6.78. The fourth-order valence-corrected chi connectivity index (χ4v) is 3.10. The summed E-state index contributed by atoms with van der Waals surface area (Å²) < 4.78 is 15.0. The zero-order valence-electron chi connectivity index (χ0n) is 11.9. The summed E-state index contributed by atoms with van der Waals surface area (Å²) >= 11 is 6.97. The van der Waals surface area contributed by atoms with E-state index < -0.39 is 0 Å². The lowest BCUT2D eigenvalue weighted by atomic mass is 9.96. The summed E-state index contributed by atoms with van der Waals surface area (Å²) in [5.74, 6) is 5.47. The van der Waals surface area contributed by atoms with Crippen LogP contribution in [0.15, 0.2) is 39.3 Å². The number of rotatable bonds is 4. The molecule has 21 heavy (non-hydrogen) atoms. The fourth-order valence-electron chi connectivity index (χ4n) is 2.36. The Balaban J connectivity index is 2.32. The molecular formula is C16H17Br2FN2. The molecule has 0 aliphatic carbocycles. The number of halogens is 3. The molecule has 0 aliphatic heterocycles. The molecule has 0 spiro atoms. The maximum atomic E-state index is 13.2. The number of nitrogens with two attached hydrogens (primary N) is 1. The summed E-state index contributed by atoms with van der Waals surface area (Å²) in [5.41, 5.74) is 7.32. The molecule has 0 aliphatic rings. The predicted molar refractivity (Wildman–Crippen MR) is 91.5 cm³/mol. The third kappa shape index (κ3) is 3.92. The molecule has 2 aromatic carbocycles. The van der Waals surface area contributed by atoms with Crippen molar-refractivity contribution in [1.82, 2.24) is 5.43 Å². The van der Waals surface area contributed by atoms with Gasteiger partial charge in [0.15, 0.2) is 0 Å². The van der Waals surface area contributed by atoms with Crippen LogP contribution in [0.5, 0.6) is 0 Å². The Kier molecular flexibility index (Phi) is 5.54. The Morgan fingerprint density at radius 3 is 2.29 bits per heavy atom. The molecule has 0 bridgehead atoms. The van der Waals surface area contributed by atoms with E-state index in [0.29, 0.717) is 6.42 Å². The second-order valence-electron chi connectivity index (χ2n) is 5.13. The van der Waals surface area contributed by atoms with Gasteiger partial charge >= 0.3 is 0 Å². The predicted octanol–water partition coefficient (Wildman–Crippen LogP) is 4.71. The van der Waals surface area contributed by atoms with Crippen molar-refractivity contribution in [3.05, 3.63) is 67.3 Å². The topological polar surface area (TPSA) is 38.0 Å². The number of hydrogen-bond donors (Lipinski definition) is 2. The molecule has 1 atom stereocenters. The summed E-state index contributed by atoms with van der Waals surface area (Å²) in [5, 5.41) is 0. The van der Waals surface area contributed by atoms with E-state index in [2.05, 4.69) is 63.3 Å². The molecule has 0 amide bonds. The molecule has 0 saturated carbocycles. The van der Waals surface area contributed by atoms with Gasteiger partial charge in [-0.25, -0.2) is 4.39 Å². The van der Waals surface area contributed by atoms with E-state index in [9.17, 15) is 4.39 Å². The van der Waals surface area contributed by atoms with Crippen molar-refractivity contribution < 1.29 is 4.39 Å². The Hall–Kier alpha value is -0.750. The molecular weight excluding hydrogens is 399 g/mol. The number of nitrogens with one attached hydrogen (secondary N) is 1. The molecule has 2 aromatic rings. The number of hydrogen-bond acceptors (Lipinski definition) is 2. The van der Waals surface area contributed by atoms with Crippen LogP contribution in [0.4, 0.5) is 4.39 Å². The van der Waals surface area contributed by atoms with Crippen LogP contribution in [0.3, 0.4) is 0 Å². The standard InChI is InChI=1S/C16H17Br2FN2/c1-9-5-12(6-10(2)16(9)18)15(21-20)7-11-3-4-13(19)8-14(11)17/h3-6,8,15,21H,7,20H2,1-2H3. The average molecular weight is 416 g/mol. The van der Waals surface area contributed by atoms with E-state index in [4.69, 9.17) is 5.84 Å². The highest BCUT2D eigenvalue weighted by atomic mass is 79.9. The van der Waals surface area contributed by atoms with Crippen LogP contribution in [-0.4, -0.2) is 0 Å². The minimum absolute atomic E-state index is 0.0303. The Bertz CT molecular complexity index is 636. The van der Waals surface area contributed by atoms with Crippen molar-refractivity contribution in [2.45, 2.75) is 26.3 Å². The third-order valence-electron chi connectivity index (χ3n) is 3.50. The van der Waals surface area contributed by atoms with Crippen molar-refractivity contribution in [2.75, 3.05) is 0 Å². The van der Waals surface area contributed by atoms with Crippen LogP contribution >= 0.6 is 31.9 Å². The van der Waals surface area contributed by atoms with Crippen LogP contribution in [0.25, 0.3) is 0 Å². The van der Waals surface area contributed by atoms with Gasteiger partial charge in [0, 0.05) is 8.95 Å². The first-order valence-electron chi connectivity index (χ1n) is 6.59. The van der Waals surface area contributed by atoms with Gasteiger partial charge in [-0.2, -0.15) is 0 Å². The van der Waals surface area contributed by atoms with Gasteiger partial charge in [0.2, 0.25) is 0 Å². The highest BCUT2D eigenvalue weighted by Gasteiger charge is 2.15. The van der Waals surface area contributed by atoms with Crippen LogP contribution in [0, 0.1) is 19.7 Å². The summed E-state index contributed by atoms with van der Waals surface area (Å²) in [6, 6.07) is 8.91. The van der Waals surface area contributed by atoms with Gasteiger partial charge in [0.05, 0.1) is 6.04 Å². The summed E-state index contributed by atoms with van der Waals surface area (Å²) in [6.07, 6.45) is 0.678. The van der Waals surface area contributed by atoms with E-state index in [-0.39, 0.29) is 11.9 Å². The van der Waals surface area contributed by atoms with Crippen LogP contribution in [-0.2, 0) is 6.42 Å². The fraction of sp³-hybridized carbons (Fsp3) is 0.250. The number of benzene rings is 2. The van der Waals surface area contributed by atoms with Crippen LogP contribution in [0.2, 0.25) is 0 Å². The smallest absolute Gasteiger partial charge is 0.124 e. The zero-order chi connectivity index (χ0) is 15.6. The van der Waals surface area contributed by atoms with Crippen molar-refractivity contribution >= 4 is 31.9 Å². The molecule has 2 nitrogen and oxygen atoms in total. The highest BCUT2D eigenvalue weighted by molar-refractivity contribution is 9.10. The summed E-state index contributed by atoms with van der Waals surface area (Å²) in [7, 11) is 0. The number of aryl methyl sites for hydroxylation is 2. The van der Waals surface area contributed by atoms with E-state index in [1.165, 1.54) is 23.3 Å². The molecule has 0 fully saturated rings. The van der Waals surface area contributed by atoms with Gasteiger partial charge in [-0.1, -0.05) is 50.1 Å². The normalized spacial score (nSPS) is 12.5. The molecule has 0 radical (unpaired) electrons. The lowest BCUT2D eigenvalue weighted by molar-refractivity contribution is 0.549.